The van der Waals surface area contributed by atoms with E-state index in [1.165, 1.54) is 13.2 Å². The summed E-state index contributed by atoms with van der Waals surface area (Å²) >= 11 is 7.16. The van der Waals surface area contributed by atoms with Crippen molar-refractivity contribution in [1.82, 2.24) is 10.6 Å². The summed E-state index contributed by atoms with van der Waals surface area (Å²) in [7, 11) is 0. The molecule has 0 saturated carbocycles. The normalized spacial score (nSPS) is 58.3. The first-order valence-electron chi connectivity index (χ1n) is 12.9. The summed E-state index contributed by atoms with van der Waals surface area (Å²) in [5.74, 6) is -5.27. The molecule has 0 aliphatic carbocycles. The average molecular weight is 421 g/mol. The third-order valence-electron chi connectivity index (χ3n) is 4.09. The zero-order chi connectivity index (χ0) is 28.4. The van der Waals surface area contributed by atoms with E-state index in [1.807, 2.05) is 0 Å². The molecular weight excluding hydrogens is 380 g/mol. The SMILES string of the molecule is [2H]C1([2H])N[C@]([2H])(C(=O)N[C@@H]([C@H]2O[C@H](SC)[C@H](O)[C@@H](O)[C@H]2O)[C@@H](C)Cl)C([2H])([2H])[C@]([2H])(C([2H])([2H])C)C1([2H])[2H]. The molecule has 2 rings (SSSR count). The minimum absolute atomic E-state index is 0.653. The molecule has 0 aromatic heterocycles. The van der Waals surface area contributed by atoms with Crippen LogP contribution in [-0.2, 0) is 9.53 Å². The van der Waals surface area contributed by atoms with E-state index in [0.717, 1.165) is 11.8 Å². The minimum Gasteiger partial charge on any atom is -0.388 e. The molecule has 0 bridgehead atoms. The van der Waals surface area contributed by atoms with Crippen LogP contribution in [0.1, 0.15) is 46.7 Å². The second kappa shape index (κ2) is 9.91. The van der Waals surface area contributed by atoms with E-state index in [4.69, 9.17) is 30.0 Å². The molecule has 152 valence electrons. The smallest absolute Gasteiger partial charge is 0.237 e. The van der Waals surface area contributed by atoms with E-state index in [9.17, 15) is 20.1 Å². The number of alkyl halides is 1. The fourth-order valence-corrected chi connectivity index (χ4v) is 3.52. The van der Waals surface area contributed by atoms with Gasteiger partial charge in [-0.15, -0.1) is 23.4 Å². The largest absolute Gasteiger partial charge is 0.388 e. The molecule has 2 aliphatic heterocycles. The lowest BCUT2D eigenvalue weighted by Gasteiger charge is -2.44. The molecule has 0 aromatic carbocycles. The van der Waals surface area contributed by atoms with Crippen molar-refractivity contribution >= 4 is 29.3 Å². The molecule has 7 nitrogen and oxygen atoms in total. The van der Waals surface area contributed by atoms with Crippen LogP contribution in [0.4, 0.5) is 0 Å². The van der Waals surface area contributed by atoms with E-state index in [0.29, 0.717) is 6.92 Å². The summed E-state index contributed by atoms with van der Waals surface area (Å²) in [5, 5.41) is 33.6. The van der Waals surface area contributed by atoms with Gasteiger partial charge < -0.3 is 30.7 Å². The van der Waals surface area contributed by atoms with Crippen molar-refractivity contribution in [3.05, 3.63) is 0 Å². The highest BCUT2D eigenvalue weighted by Crippen LogP contribution is 2.30. The Morgan fingerprint density at radius 1 is 1.50 bits per heavy atom. The summed E-state index contributed by atoms with van der Waals surface area (Å²) in [6.45, 7) is -1.44. The standard InChI is InChI=1S/C17H31ClN2O5S/c1-4-9-5-6-19-10(7-9)16(24)20-11(8(2)18)15-13(22)12(21)14(23)17(25-15)26-3/h8-15,17,19,21-23H,4-7H2,1-3H3,(H,20,24)/t8-,9-,10+,11-,12+,13-,14-,15-,17-/m1/s1/i4D2,5D2,6D2,7D2,9D,10D. The van der Waals surface area contributed by atoms with Gasteiger partial charge in [-0.1, -0.05) is 13.3 Å². The summed E-state index contributed by atoms with van der Waals surface area (Å²) in [6, 6.07) is -4.94. The monoisotopic (exact) mass is 420 g/mol. The van der Waals surface area contributed by atoms with E-state index in [-0.39, 0.29) is 0 Å². The fraction of sp³-hybridized carbons (Fsp3) is 0.941. The van der Waals surface area contributed by atoms with Crippen molar-refractivity contribution in [2.75, 3.05) is 12.8 Å². The zero-order valence-corrected chi connectivity index (χ0v) is 16.1. The third-order valence-corrected chi connectivity index (χ3v) is 5.21. The molecule has 0 unspecified atom stereocenters. The van der Waals surface area contributed by atoms with Crippen molar-refractivity contribution in [3.8, 4) is 0 Å². The lowest BCUT2D eigenvalue weighted by Crippen LogP contribution is -2.65. The Hall–Kier alpha value is -0.0900. The van der Waals surface area contributed by atoms with Crippen molar-refractivity contribution in [3.63, 3.8) is 0 Å². The summed E-state index contributed by atoms with van der Waals surface area (Å²) in [5.41, 5.74) is -1.07. The molecule has 1 amide bonds. The van der Waals surface area contributed by atoms with E-state index < -0.39 is 84.7 Å². The van der Waals surface area contributed by atoms with Crippen LogP contribution < -0.4 is 10.6 Å². The number of piperidine rings is 1. The zero-order valence-electron chi connectivity index (χ0n) is 24.5. The Bertz CT molecular complexity index is 853. The van der Waals surface area contributed by atoms with Crippen LogP contribution in [0.25, 0.3) is 0 Å². The van der Waals surface area contributed by atoms with Crippen molar-refractivity contribution in [1.29, 1.82) is 0 Å². The van der Waals surface area contributed by atoms with Crippen LogP contribution in [0.3, 0.4) is 0 Å². The summed E-state index contributed by atoms with van der Waals surface area (Å²) in [6.07, 6.45) is -15.3. The van der Waals surface area contributed by atoms with Gasteiger partial charge in [0.25, 0.3) is 0 Å². The van der Waals surface area contributed by atoms with Gasteiger partial charge in [0.2, 0.25) is 5.91 Å². The van der Waals surface area contributed by atoms with Crippen LogP contribution in [-0.4, -0.2) is 81.3 Å². The molecule has 0 spiro atoms. The molecule has 2 saturated heterocycles. The second-order valence-corrected chi connectivity index (χ2v) is 7.48. The number of carbonyl (C=O) groups is 1. The predicted octanol–water partition coefficient (Wildman–Crippen LogP) is 0.0473. The van der Waals surface area contributed by atoms with E-state index in [1.54, 1.807) is 5.32 Å². The lowest BCUT2D eigenvalue weighted by atomic mass is 9.89. The first kappa shape index (κ1) is 11.8. The van der Waals surface area contributed by atoms with Crippen LogP contribution in [0, 0.1) is 5.89 Å². The molecule has 2 aliphatic rings. The van der Waals surface area contributed by atoms with E-state index >= 15 is 0 Å². The topological polar surface area (TPSA) is 111 Å². The maximum atomic E-state index is 13.4. The molecular formula is C17H31ClN2O5S. The summed E-state index contributed by atoms with van der Waals surface area (Å²) in [4.78, 5) is 13.4. The number of nitrogens with one attached hydrogen (secondary N) is 2. The van der Waals surface area contributed by atoms with Crippen LogP contribution in [0.5, 0.6) is 0 Å². The van der Waals surface area contributed by atoms with Gasteiger partial charge in [-0.3, -0.25) is 4.79 Å². The van der Waals surface area contributed by atoms with E-state index in [2.05, 4.69) is 5.32 Å². The molecule has 0 aromatic rings. The summed E-state index contributed by atoms with van der Waals surface area (Å²) < 4.78 is 87.9. The second-order valence-electron chi connectivity index (χ2n) is 5.85. The Labute approximate surface area is 178 Å². The van der Waals surface area contributed by atoms with Gasteiger partial charge >= 0.3 is 0 Å². The van der Waals surface area contributed by atoms with Crippen molar-refractivity contribution in [2.24, 2.45) is 5.89 Å². The number of aliphatic hydroxyl groups excluding tert-OH is 3. The van der Waals surface area contributed by atoms with Gasteiger partial charge in [0.1, 0.15) is 29.9 Å². The molecule has 5 N–H and O–H groups in total. The Balaban J connectivity index is 2.56. The number of ether oxygens (including phenoxy) is 1. The number of amides is 1. The highest BCUT2D eigenvalue weighted by atomic mass is 35.5. The number of hydrogen-bond acceptors (Lipinski definition) is 7. The van der Waals surface area contributed by atoms with Gasteiger partial charge in [0, 0.05) is 12.3 Å². The van der Waals surface area contributed by atoms with Crippen LogP contribution >= 0.6 is 23.4 Å². The van der Waals surface area contributed by atoms with Gasteiger partial charge in [0.05, 0.1) is 18.8 Å². The Kier molecular flexibility index (Phi) is 4.50. The Morgan fingerprint density at radius 2 is 2.19 bits per heavy atom. The molecule has 9 heteroatoms. The number of rotatable bonds is 6. The molecule has 0 radical (unpaired) electrons. The number of hydrogen-bond donors (Lipinski definition) is 5. The van der Waals surface area contributed by atoms with Gasteiger partial charge in [-0.25, -0.2) is 0 Å². The van der Waals surface area contributed by atoms with Crippen LogP contribution in [0.2, 0.25) is 0 Å². The molecule has 9 atom stereocenters. The number of halogens is 1. The molecule has 2 fully saturated rings. The maximum absolute atomic E-state index is 13.4. The first-order valence-corrected chi connectivity index (χ1v) is 9.65. The number of carbonyl (C=O) groups excluding carboxylic acids is 1. The lowest BCUT2D eigenvalue weighted by molar-refractivity contribution is -0.205. The predicted molar refractivity (Wildman–Crippen MR) is 102 cm³/mol. The van der Waals surface area contributed by atoms with Gasteiger partial charge in [0.15, 0.2) is 0 Å². The molecule has 26 heavy (non-hydrogen) atoms. The maximum Gasteiger partial charge on any atom is 0.237 e. The average Bonchev–Trinajstić information content (AvgIpc) is 2.73. The highest BCUT2D eigenvalue weighted by molar-refractivity contribution is 7.99. The Morgan fingerprint density at radius 3 is 2.77 bits per heavy atom. The fourth-order valence-electron chi connectivity index (χ4n) is 2.63. The molecule has 2 heterocycles. The number of thioether (sulfide) groups is 1. The highest BCUT2D eigenvalue weighted by Gasteiger charge is 2.48. The van der Waals surface area contributed by atoms with Crippen LogP contribution in [0.15, 0.2) is 0 Å². The van der Waals surface area contributed by atoms with Crippen molar-refractivity contribution in [2.45, 2.75) is 80.3 Å². The number of aliphatic hydroxyl groups is 3. The quantitative estimate of drug-likeness (QED) is 0.386. The van der Waals surface area contributed by atoms with Gasteiger partial charge in [-0.2, -0.15) is 0 Å². The van der Waals surface area contributed by atoms with Crippen molar-refractivity contribution < 1.29 is 38.6 Å². The third kappa shape index (κ3) is 5.04. The first-order chi connectivity index (χ1) is 16.0. The minimum atomic E-state index is -3.69. The van der Waals surface area contributed by atoms with Gasteiger partial charge in [-0.05, 0) is 38.3 Å².